The first kappa shape index (κ1) is 78.8. The smallest absolute Gasteiger partial charge is 0.306 e. The van der Waals surface area contributed by atoms with Gasteiger partial charge in [0.1, 0.15) is 13.2 Å². The van der Waals surface area contributed by atoms with Crippen LogP contribution in [0.3, 0.4) is 0 Å². The van der Waals surface area contributed by atoms with E-state index in [2.05, 4.69) is 142 Å². The predicted octanol–water partition coefficient (Wildman–Crippen LogP) is 24.3. The Bertz CT molecular complexity index is 1700. The molecule has 6 heteroatoms. The predicted molar refractivity (Wildman–Crippen MR) is 362 cm³/mol. The SMILES string of the molecule is CC/C=C\C/C=C\C/C=C\C/C=C\C/C=C\CCCC(=O)OC(COC(=O)CCCCCCC/C=C\C/C=C\C/C=C\CC)COC(=O)CCCCCCCCCCCCCCCCCCCCCCC/C=C\C/C=C\CCCCCCC. The molecule has 0 aromatic heterocycles. The molecule has 0 aliphatic rings. The largest absolute Gasteiger partial charge is 0.462 e. The maximum Gasteiger partial charge on any atom is 0.306 e. The molecule has 0 bridgehead atoms. The molecule has 0 saturated carbocycles. The van der Waals surface area contributed by atoms with Crippen LogP contribution in [0.25, 0.3) is 0 Å². The summed E-state index contributed by atoms with van der Waals surface area (Å²) in [6.45, 7) is 6.37. The topological polar surface area (TPSA) is 78.9 Å². The summed E-state index contributed by atoms with van der Waals surface area (Å²) >= 11 is 0. The number of unbranched alkanes of at least 4 members (excludes halogenated alkanes) is 32. The molecule has 0 aromatic carbocycles. The Balaban J connectivity index is 4.24. The quantitative estimate of drug-likeness (QED) is 0.0261. The van der Waals surface area contributed by atoms with E-state index in [1.165, 1.54) is 161 Å². The van der Waals surface area contributed by atoms with Crippen LogP contribution in [-0.2, 0) is 28.6 Å². The molecule has 474 valence electrons. The van der Waals surface area contributed by atoms with Gasteiger partial charge in [-0.05, 0) is 122 Å². The van der Waals surface area contributed by atoms with E-state index < -0.39 is 6.10 Å². The molecule has 0 heterocycles. The number of esters is 3. The Morgan fingerprint density at radius 1 is 0.253 bits per heavy atom. The van der Waals surface area contributed by atoms with Crippen LogP contribution in [0.4, 0.5) is 0 Å². The van der Waals surface area contributed by atoms with E-state index in [0.717, 1.165) is 122 Å². The van der Waals surface area contributed by atoms with E-state index in [-0.39, 0.29) is 37.5 Å². The van der Waals surface area contributed by atoms with Crippen molar-refractivity contribution in [1.82, 2.24) is 0 Å². The zero-order valence-corrected chi connectivity index (χ0v) is 54.4. The second kappa shape index (κ2) is 70.3. The van der Waals surface area contributed by atoms with E-state index in [1.54, 1.807) is 0 Å². The van der Waals surface area contributed by atoms with Crippen LogP contribution in [-0.4, -0.2) is 37.2 Å². The summed E-state index contributed by atoms with van der Waals surface area (Å²) in [6, 6.07) is 0. The fourth-order valence-corrected chi connectivity index (χ4v) is 9.76. The molecule has 0 saturated heterocycles. The standard InChI is InChI=1S/C77H130O6/c1-4-7-10-13-16-19-22-25-28-30-31-32-33-34-35-36-37-38-39-40-41-42-43-44-45-47-49-52-55-58-61-64-67-70-76(79)82-73-74(72-81-75(78)69-66-63-60-57-54-51-48-27-24-21-18-15-12-9-6-3)83-77(80)71-68-65-62-59-56-53-50-46-29-26-23-20-17-14-11-8-5-2/h8-9,11-12,17-18,20-22,25-27,29-31,48,50,53,59,62,74H,4-7,10,13-16,19,23-24,28,32-47,49,51-52,54-58,60-61,63-73H2,1-3H3/b11-8-,12-9-,20-17-,21-18-,25-22-,29-26-,31-30-,48-27-,53-50-,62-59-. The van der Waals surface area contributed by atoms with Crippen molar-refractivity contribution in [2.75, 3.05) is 13.2 Å². The molecule has 6 nitrogen and oxygen atoms in total. The number of carbonyl (C=O) groups excluding carboxylic acids is 3. The summed E-state index contributed by atoms with van der Waals surface area (Å²) in [7, 11) is 0. The fourth-order valence-electron chi connectivity index (χ4n) is 9.76. The van der Waals surface area contributed by atoms with Crippen LogP contribution >= 0.6 is 0 Å². The summed E-state index contributed by atoms with van der Waals surface area (Å²) in [5.74, 6) is -0.974. The Hall–Kier alpha value is -4.19. The minimum Gasteiger partial charge on any atom is -0.462 e. The molecule has 0 aromatic rings. The highest BCUT2D eigenvalue weighted by molar-refractivity contribution is 5.71. The van der Waals surface area contributed by atoms with Crippen LogP contribution in [0.2, 0.25) is 0 Å². The highest BCUT2D eigenvalue weighted by atomic mass is 16.6. The van der Waals surface area contributed by atoms with Crippen LogP contribution in [0.15, 0.2) is 122 Å². The Morgan fingerprint density at radius 3 is 0.771 bits per heavy atom. The maximum absolute atomic E-state index is 12.9. The summed E-state index contributed by atoms with van der Waals surface area (Å²) < 4.78 is 16.9. The number of carbonyl (C=O) groups is 3. The fraction of sp³-hybridized carbons (Fsp3) is 0.701. The molecule has 0 aliphatic carbocycles. The average Bonchev–Trinajstić information content (AvgIpc) is 3.49. The minimum absolute atomic E-state index is 0.106. The Labute approximate surface area is 513 Å². The summed E-state index contributed by atoms with van der Waals surface area (Å²) in [5.41, 5.74) is 0. The first-order valence-electron chi connectivity index (χ1n) is 35.0. The lowest BCUT2D eigenvalue weighted by molar-refractivity contribution is -0.167. The van der Waals surface area contributed by atoms with E-state index >= 15 is 0 Å². The van der Waals surface area contributed by atoms with Crippen molar-refractivity contribution in [1.29, 1.82) is 0 Å². The molecule has 0 spiro atoms. The van der Waals surface area contributed by atoms with Crippen molar-refractivity contribution in [2.45, 2.75) is 335 Å². The normalized spacial score (nSPS) is 12.9. The minimum atomic E-state index is -0.818. The van der Waals surface area contributed by atoms with Gasteiger partial charge in [0.15, 0.2) is 6.10 Å². The number of rotatable bonds is 63. The highest BCUT2D eigenvalue weighted by Crippen LogP contribution is 2.17. The lowest BCUT2D eigenvalue weighted by atomic mass is 10.0. The molecular formula is C77H130O6. The molecule has 0 radical (unpaired) electrons. The van der Waals surface area contributed by atoms with Crippen LogP contribution in [0.5, 0.6) is 0 Å². The van der Waals surface area contributed by atoms with E-state index in [4.69, 9.17) is 14.2 Å². The zero-order chi connectivity index (χ0) is 59.9. The van der Waals surface area contributed by atoms with Gasteiger partial charge in [0, 0.05) is 19.3 Å². The molecule has 83 heavy (non-hydrogen) atoms. The zero-order valence-electron chi connectivity index (χ0n) is 54.4. The third-order valence-electron chi connectivity index (χ3n) is 14.9. The third kappa shape index (κ3) is 68.5. The van der Waals surface area contributed by atoms with Crippen molar-refractivity contribution < 1.29 is 28.6 Å². The average molecular weight is 1150 g/mol. The maximum atomic E-state index is 12.9. The van der Waals surface area contributed by atoms with E-state index in [0.29, 0.717) is 19.3 Å². The second-order valence-electron chi connectivity index (χ2n) is 23.0. The first-order chi connectivity index (χ1) is 41.0. The molecule has 0 aliphatic heterocycles. The summed E-state index contributed by atoms with van der Waals surface area (Å²) in [5, 5.41) is 0. The first-order valence-corrected chi connectivity index (χ1v) is 35.0. The van der Waals surface area contributed by atoms with E-state index in [9.17, 15) is 14.4 Å². The van der Waals surface area contributed by atoms with E-state index in [1.807, 2.05) is 0 Å². The van der Waals surface area contributed by atoms with Crippen LogP contribution in [0, 0.1) is 0 Å². The van der Waals surface area contributed by atoms with Crippen molar-refractivity contribution in [3.8, 4) is 0 Å². The van der Waals surface area contributed by atoms with Gasteiger partial charge in [0.25, 0.3) is 0 Å². The highest BCUT2D eigenvalue weighted by Gasteiger charge is 2.19. The van der Waals surface area contributed by atoms with Gasteiger partial charge in [-0.1, -0.05) is 309 Å². The molecule has 0 amide bonds. The number of allylic oxidation sites excluding steroid dienone is 20. The van der Waals surface area contributed by atoms with Gasteiger partial charge < -0.3 is 14.2 Å². The van der Waals surface area contributed by atoms with Gasteiger partial charge in [-0.2, -0.15) is 0 Å². The molecule has 0 N–H and O–H groups in total. The van der Waals surface area contributed by atoms with Crippen molar-refractivity contribution in [2.24, 2.45) is 0 Å². The molecule has 0 rings (SSSR count). The molecule has 0 fully saturated rings. The monoisotopic (exact) mass is 1150 g/mol. The molecule has 1 atom stereocenters. The summed E-state index contributed by atoms with van der Waals surface area (Å²) in [6.07, 6.45) is 98.2. The van der Waals surface area contributed by atoms with Gasteiger partial charge in [-0.15, -0.1) is 0 Å². The lowest BCUT2D eigenvalue weighted by Gasteiger charge is -2.18. The molecular weight excluding hydrogens is 1020 g/mol. The Kier molecular flexibility index (Phi) is 66.7. The van der Waals surface area contributed by atoms with Gasteiger partial charge in [0.2, 0.25) is 0 Å². The molecule has 1 unspecified atom stereocenters. The van der Waals surface area contributed by atoms with Crippen molar-refractivity contribution in [3.05, 3.63) is 122 Å². The van der Waals surface area contributed by atoms with Gasteiger partial charge >= 0.3 is 17.9 Å². The second-order valence-corrected chi connectivity index (χ2v) is 23.0. The number of hydrogen-bond acceptors (Lipinski definition) is 6. The van der Waals surface area contributed by atoms with Crippen molar-refractivity contribution in [3.63, 3.8) is 0 Å². The van der Waals surface area contributed by atoms with Crippen LogP contribution in [0.1, 0.15) is 329 Å². The Morgan fingerprint density at radius 2 is 0.482 bits per heavy atom. The van der Waals surface area contributed by atoms with Gasteiger partial charge in [-0.25, -0.2) is 0 Å². The third-order valence-corrected chi connectivity index (χ3v) is 14.9. The number of ether oxygens (including phenoxy) is 3. The van der Waals surface area contributed by atoms with Crippen molar-refractivity contribution >= 4 is 17.9 Å². The summed E-state index contributed by atoms with van der Waals surface area (Å²) in [4.78, 5) is 38.3. The van der Waals surface area contributed by atoms with Crippen LogP contribution < -0.4 is 0 Å². The lowest BCUT2D eigenvalue weighted by Crippen LogP contribution is -2.30. The van der Waals surface area contributed by atoms with Gasteiger partial charge in [-0.3, -0.25) is 14.4 Å². The van der Waals surface area contributed by atoms with Gasteiger partial charge in [0.05, 0.1) is 0 Å². The number of hydrogen-bond donors (Lipinski definition) is 0.